The van der Waals surface area contributed by atoms with Gasteiger partial charge in [0.15, 0.2) is 0 Å². The second kappa shape index (κ2) is 12.1. The standard InChI is InChI=1S/C54H33N3S/c1-7-20-45-38(14-1)39-15-2-8-21-46(39)55(45)36-30-35(31-37(33-36)56-47-22-9-3-16-40(47)41-17-4-10-23-48(41)56)34-28-29-43-42-18-5-11-24-49(42)57(51(43)32-34)50-25-13-27-53-54(50)44-19-6-12-26-52(44)58-53/h1-33H. The van der Waals surface area contributed by atoms with Crippen LogP contribution >= 0.6 is 11.3 Å². The Morgan fingerprint density at radius 3 is 1.24 bits per heavy atom. The summed E-state index contributed by atoms with van der Waals surface area (Å²) < 4.78 is 10.0. The smallest absolute Gasteiger partial charge is 0.0555 e. The van der Waals surface area contributed by atoms with Crippen LogP contribution in [0.2, 0.25) is 0 Å². The highest BCUT2D eigenvalue weighted by Gasteiger charge is 2.20. The summed E-state index contributed by atoms with van der Waals surface area (Å²) in [5.74, 6) is 0. The summed E-state index contributed by atoms with van der Waals surface area (Å²) in [6, 6.07) is 73.9. The summed E-state index contributed by atoms with van der Waals surface area (Å²) in [5, 5.41) is 10.1. The molecule has 4 heterocycles. The van der Waals surface area contributed by atoms with Crippen molar-refractivity contribution in [3.63, 3.8) is 0 Å². The fourth-order valence-corrected chi connectivity index (χ4v) is 10.9. The van der Waals surface area contributed by atoms with Crippen LogP contribution < -0.4 is 0 Å². The summed E-state index contributed by atoms with van der Waals surface area (Å²) >= 11 is 1.87. The third-order valence-electron chi connectivity index (χ3n) is 12.2. The molecule has 0 saturated heterocycles. The lowest BCUT2D eigenvalue weighted by Crippen LogP contribution is -2.00. The van der Waals surface area contributed by atoms with Crippen molar-refractivity contribution in [2.75, 3.05) is 0 Å². The maximum Gasteiger partial charge on any atom is 0.0555 e. The van der Waals surface area contributed by atoms with Gasteiger partial charge in [-0.05, 0) is 83.9 Å². The molecule has 4 heteroatoms. The Morgan fingerprint density at radius 2 is 0.707 bits per heavy atom. The largest absolute Gasteiger partial charge is 0.309 e. The first kappa shape index (κ1) is 31.8. The van der Waals surface area contributed by atoms with E-state index < -0.39 is 0 Å². The van der Waals surface area contributed by atoms with Crippen molar-refractivity contribution in [2.24, 2.45) is 0 Å². The average Bonchev–Trinajstić information content (AvgIpc) is 4.02. The van der Waals surface area contributed by atoms with Gasteiger partial charge >= 0.3 is 0 Å². The molecule has 9 aromatic carbocycles. The maximum atomic E-state index is 2.50. The minimum Gasteiger partial charge on any atom is -0.309 e. The van der Waals surface area contributed by atoms with Crippen LogP contribution in [0.25, 0.3) is 114 Å². The van der Waals surface area contributed by atoms with Crippen molar-refractivity contribution >= 4 is 96.9 Å². The molecule has 0 radical (unpaired) electrons. The number of rotatable bonds is 4. The summed E-state index contributed by atoms with van der Waals surface area (Å²) in [5.41, 5.74) is 13.0. The van der Waals surface area contributed by atoms with Gasteiger partial charge in [0.25, 0.3) is 0 Å². The summed E-state index contributed by atoms with van der Waals surface area (Å²) in [6.45, 7) is 0. The van der Waals surface area contributed by atoms with Gasteiger partial charge in [-0.2, -0.15) is 0 Å². The third kappa shape index (κ3) is 4.43. The number of para-hydroxylation sites is 5. The fraction of sp³-hybridized carbons (Fsp3) is 0. The Labute approximate surface area is 337 Å². The lowest BCUT2D eigenvalue weighted by atomic mass is 10.0. The van der Waals surface area contributed by atoms with Crippen molar-refractivity contribution in [3.05, 3.63) is 200 Å². The van der Waals surface area contributed by atoms with E-state index in [1.165, 1.54) is 96.8 Å². The fourth-order valence-electron chi connectivity index (χ4n) is 9.77. The second-order valence-corrected chi connectivity index (χ2v) is 16.4. The predicted molar refractivity (Wildman–Crippen MR) is 248 cm³/mol. The van der Waals surface area contributed by atoms with E-state index in [2.05, 4.69) is 214 Å². The van der Waals surface area contributed by atoms with E-state index in [1.54, 1.807) is 0 Å². The van der Waals surface area contributed by atoms with E-state index in [4.69, 9.17) is 0 Å². The van der Waals surface area contributed by atoms with Crippen LogP contribution in [0.5, 0.6) is 0 Å². The quantitative estimate of drug-likeness (QED) is 0.170. The van der Waals surface area contributed by atoms with Crippen molar-refractivity contribution in [3.8, 4) is 28.2 Å². The highest BCUT2D eigenvalue weighted by atomic mass is 32.1. The zero-order valence-corrected chi connectivity index (χ0v) is 32.1. The highest BCUT2D eigenvalue weighted by Crippen LogP contribution is 2.43. The zero-order chi connectivity index (χ0) is 37.9. The molecule has 270 valence electrons. The minimum absolute atomic E-state index is 1.13. The van der Waals surface area contributed by atoms with Gasteiger partial charge in [-0.3, -0.25) is 0 Å². The van der Waals surface area contributed by atoms with Crippen LogP contribution in [0.3, 0.4) is 0 Å². The molecule has 0 bridgehead atoms. The molecule has 0 saturated carbocycles. The van der Waals surface area contributed by atoms with Crippen LogP contribution in [0.4, 0.5) is 0 Å². The monoisotopic (exact) mass is 755 g/mol. The first-order valence-electron chi connectivity index (χ1n) is 19.8. The van der Waals surface area contributed by atoms with Gasteiger partial charge in [0, 0.05) is 63.9 Å². The Balaban J connectivity index is 1.13. The summed E-state index contributed by atoms with van der Waals surface area (Å²) in [7, 11) is 0. The summed E-state index contributed by atoms with van der Waals surface area (Å²) in [6.07, 6.45) is 0. The van der Waals surface area contributed by atoms with Gasteiger partial charge in [-0.1, -0.05) is 127 Å². The Morgan fingerprint density at radius 1 is 0.276 bits per heavy atom. The molecule has 0 unspecified atom stereocenters. The third-order valence-corrected chi connectivity index (χ3v) is 13.3. The Bertz CT molecular complexity index is 3580. The van der Waals surface area contributed by atoms with E-state index in [9.17, 15) is 0 Å². The number of hydrogen-bond acceptors (Lipinski definition) is 1. The van der Waals surface area contributed by atoms with Gasteiger partial charge in [0.2, 0.25) is 0 Å². The molecule has 13 aromatic rings. The molecule has 0 atom stereocenters. The lowest BCUT2D eigenvalue weighted by molar-refractivity contribution is 1.13. The number of aromatic nitrogens is 3. The van der Waals surface area contributed by atoms with Crippen LogP contribution in [-0.2, 0) is 0 Å². The molecule has 0 aliphatic carbocycles. The van der Waals surface area contributed by atoms with Gasteiger partial charge in [0.05, 0.1) is 38.8 Å². The first-order chi connectivity index (χ1) is 28.8. The van der Waals surface area contributed by atoms with E-state index in [-0.39, 0.29) is 0 Å². The molecule has 4 aromatic heterocycles. The topological polar surface area (TPSA) is 14.8 Å². The zero-order valence-electron chi connectivity index (χ0n) is 31.3. The van der Waals surface area contributed by atoms with Crippen LogP contribution in [0.1, 0.15) is 0 Å². The molecule has 0 fully saturated rings. The molecule has 0 aliphatic heterocycles. The van der Waals surface area contributed by atoms with E-state index >= 15 is 0 Å². The number of nitrogens with zero attached hydrogens (tertiary/aromatic N) is 3. The van der Waals surface area contributed by atoms with Crippen molar-refractivity contribution in [1.29, 1.82) is 0 Å². The molecule has 0 amide bonds. The average molecular weight is 756 g/mol. The maximum absolute atomic E-state index is 2.50. The van der Waals surface area contributed by atoms with E-state index in [0.29, 0.717) is 0 Å². The van der Waals surface area contributed by atoms with Gasteiger partial charge < -0.3 is 13.7 Å². The predicted octanol–water partition coefficient (Wildman–Crippen LogP) is 15.0. The van der Waals surface area contributed by atoms with Crippen LogP contribution in [0.15, 0.2) is 200 Å². The van der Waals surface area contributed by atoms with Crippen LogP contribution in [-0.4, -0.2) is 13.7 Å². The van der Waals surface area contributed by atoms with Gasteiger partial charge in [-0.15, -0.1) is 11.3 Å². The molecule has 13 rings (SSSR count). The number of thiophene rings is 1. The van der Waals surface area contributed by atoms with Gasteiger partial charge in [-0.25, -0.2) is 0 Å². The van der Waals surface area contributed by atoms with Crippen LogP contribution in [0, 0.1) is 0 Å². The first-order valence-corrected chi connectivity index (χ1v) is 20.7. The van der Waals surface area contributed by atoms with Gasteiger partial charge in [0.1, 0.15) is 0 Å². The number of hydrogen-bond donors (Lipinski definition) is 0. The van der Waals surface area contributed by atoms with Crippen molar-refractivity contribution < 1.29 is 0 Å². The molecule has 58 heavy (non-hydrogen) atoms. The van der Waals surface area contributed by atoms with E-state index in [0.717, 1.165) is 16.9 Å². The molecule has 0 aliphatic rings. The second-order valence-electron chi connectivity index (χ2n) is 15.3. The molecule has 3 nitrogen and oxygen atoms in total. The minimum atomic E-state index is 1.13. The molecular weight excluding hydrogens is 723 g/mol. The highest BCUT2D eigenvalue weighted by molar-refractivity contribution is 7.25. The summed E-state index contributed by atoms with van der Waals surface area (Å²) in [4.78, 5) is 0. The molecular formula is C54H33N3S. The number of benzene rings is 9. The SMILES string of the molecule is c1ccc2c(c1)sc1cccc(-n3c4ccccc4c4ccc(-c5cc(-n6c7ccccc7c7ccccc76)cc(-n6c7ccccc7c7ccccc76)c5)cc43)c12. The van der Waals surface area contributed by atoms with Crippen molar-refractivity contribution in [2.45, 2.75) is 0 Å². The van der Waals surface area contributed by atoms with Crippen molar-refractivity contribution in [1.82, 2.24) is 13.7 Å². The molecule has 0 spiro atoms. The van der Waals surface area contributed by atoms with E-state index in [1.807, 2.05) is 11.3 Å². The Kier molecular flexibility index (Phi) is 6.60. The Hall–Kier alpha value is -7.40. The normalized spacial score (nSPS) is 12.1. The lowest BCUT2D eigenvalue weighted by Gasteiger charge is -2.16. The molecule has 0 N–H and O–H groups in total. The number of fused-ring (bicyclic) bond motifs is 12.